The molecule has 1 atom stereocenters. The van der Waals surface area contributed by atoms with E-state index in [9.17, 15) is 4.79 Å². The molecule has 1 N–H and O–H groups in total. The van der Waals surface area contributed by atoms with E-state index in [0.29, 0.717) is 25.5 Å². The van der Waals surface area contributed by atoms with E-state index in [1.807, 2.05) is 0 Å². The van der Waals surface area contributed by atoms with Gasteiger partial charge in [0, 0.05) is 20.1 Å². The first-order valence-corrected chi connectivity index (χ1v) is 5.87. The summed E-state index contributed by atoms with van der Waals surface area (Å²) in [4.78, 5) is 11.5. The Hall–Kier alpha value is -0.0900. The van der Waals surface area contributed by atoms with Gasteiger partial charge in [-0.15, -0.1) is 0 Å². The summed E-state index contributed by atoms with van der Waals surface area (Å²) in [7, 11) is 1.65. The summed E-state index contributed by atoms with van der Waals surface area (Å²) in [5, 5.41) is 2.86. The molecule has 0 aliphatic rings. The lowest BCUT2D eigenvalue weighted by molar-refractivity contribution is -0.121. The number of hydrogen-bond acceptors (Lipinski definition) is 2. The topological polar surface area (TPSA) is 38.3 Å². The molecule has 0 rings (SSSR count). The van der Waals surface area contributed by atoms with Gasteiger partial charge in [-0.1, -0.05) is 29.8 Å². The molecule has 4 heteroatoms. The Morgan fingerprint density at radius 3 is 2.64 bits per heavy atom. The summed E-state index contributed by atoms with van der Waals surface area (Å²) in [5.74, 6) is 0.707. The molecule has 0 fully saturated rings. The van der Waals surface area contributed by atoms with Crippen LogP contribution in [0, 0.1) is 5.92 Å². The molecule has 0 saturated heterocycles. The summed E-state index contributed by atoms with van der Waals surface area (Å²) < 4.78 is 4.94. The van der Waals surface area contributed by atoms with Crippen molar-refractivity contribution in [2.75, 3.05) is 20.3 Å². The summed E-state index contributed by atoms with van der Waals surface area (Å²) in [6, 6.07) is 0. The largest absolute Gasteiger partial charge is 0.383 e. The molecule has 3 nitrogen and oxygen atoms in total. The van der Waals surface area contributed by atoms with Gasteiger partial charge in [0.2, 0.25) is 5.91 Å². The maximum Gasteiger partial charge on any atom is 0.220 e. The van der Waals surface area contributed by atoms with Crippen molar-refractivity contribution in [2.45, 2.75) is 31.5 Å². The van der Waals surface area contributed by atoms with Gasteiger partial charge in [-0.05, 0) is 12.3 Å². The molecule has 0 aromatic heterocycles. The Labute approximate surface area is 94.7 Å². The van der Waals surface area contributed by atoms with Crippen molar-refractivity contribution >= 4 is 21.8 Å². The van der Waals surface area contributed by atoms with Crippen LogP contribution in [0.25, 0.3) is 0 Å². The zero-order valence-corrected chi connectivity index (χ0v) is 10.8. The lowest BCUT2D eigenvalue weighted by Crippen LogP contribution is -2.31. The minimum atomic E-state index is 0.124. The first-order chi connectivity index (χ1) is 6.56. The van der Waals surface area contributed by atoms with Crippen LogP contribution < -0.4 is 5.32 Å². The normalized spacial score (nSPS) is 12.9. The Bertz CT molecular complexity index is 162. The highest BCUT2D eigenvalue weighted by atomic mass is 79.9. The smallest absolute Gasteiger partial charge is 0.220 e. The molecule has 0 saturated carbocycles. The molecule has 0 aliphatic heterocycles. The van der Waals surface area contributed by atoms with Crippen LogP contribution in [0.2, 0.25) is 0 Å². The summed E-state index contributed by atoms with van der Waals surface area (Å²) >= 11 is 3.41. The lowest BCUT2D eigenvalue weighted by Gasteiger charge is -2.10. The average molecular weight is 266 g/mol. The van der Waals surface area contributed by atoms with Crippen molar-refractivity contribution in [3.63, 3.8) is 0 Å². The monoisotopic (exact) mass is 265 g/mol. The van der Waals surface area contributed by atoms with Gasteiger partial charge in [-0.2, -0.15) is 0 Å². The predicted octanol–water partition coefficient (Wildman–Crippen LogP) is 1.95. The van der Waals surface area contributed by atoms with E-state index in [2.05, 4.69) is 35.1 Å². The molecule has 14 heavy (non-hydrogen) atoms. The summed E-state index contributed by atoms with van der Waals surface area (Å²) in [6.07, 6.45) is 1.56. The van der Waals surface area contributed by atoms with Crippen LogP contribution in [0.15, 0.2) is 0 Å². The second kappa shape index (κ2) is 8.24. The molecule has 84 valence electrons. The van der Waals surface area contributed by atoms with Gasteiger partial charge in [-0.25, -0.2) is 0 Å². The van der Waals surface area contributed by atoms with Gasteiger partial charge in [0.05, 0.1) is 11.4 Å². The molecule has 0 radical (unpaired) electrons. The van der Waals surface area contributed by atoms with E-state index < -0.39 is 0 Å². The highest BCUT2D eigenvalue weighted by molar-refractivity contribution is 9.09. The quantitative estimate of drug-likeness (QED) is 0.715. The number of halogens is 1. The number of rotatable bonds is 7. The van der Waals surface area contributed by atoms with Crippen molar-refractivity contribution in [2.24, 2.45) is 5.92 Å². The molecule has 1 amide bonds. The number of ether oxygens (including phenoxy) is 1. The van der Waals surface area contributed by atoms with E-state index in [4.69, 9.17) is 4.74 Å². The van der Waals surface area contributed by atoms with E-state index in [-0.39, 0.29) is 10.7 Å². The molecule has 0 aliphatic carbocycles. The van der Waals surface area contributed by atoms with Gasteiger partial charge in [0.1, 0.15) is 0 Å². The van der Waals surface area contributed by atoms with Gasteiger partial charge in [-0.3, -0.25) is 4.79 Å². The second-order valence-corrected chi connectivity index (χ2v) is 5.08. The summed E-state index contributed by atoms with van der Waals surface area (Å²) in [5.41, 5.74) is 0. The van der Waals surface area contributed by atoms with Crippen molar-refractivity contribution in [1.82, 2.24) is 5.32 Å². The number of alkyl halides is 1. The maximum absolute atomic E-state index is 11.3. The second-order valence-electron chi connectivity index (χ2n) is 3.79. The highest BCUT2D eigenvalue weighted by Gasteiger charge is 2.06. The van der Waals surface area contributed by atoms with Crippen molar-refractivity contribution in [3.05, 3.63) is 0 Å². The Balaban J connectivity index is 3.43. The van der Waals surface area contributed by atoms with Gasteiger partial charge in [0.25, 0.3) is 0 Å². The first kappa shape index (κ1) is 13.9. The Morgan fingerprint density at radius 1 is 1.50 bits per heavy atom. The van der Waals surface area contributed by atoms with Crippen molar-refractivity contribution in [3.8, 4) is 0 Å². The molecule has 0 heterocycles. The van der Waals surface area contributed by atoms with Crippen molar-refractivity contribution in [1.29, 1.82) is 0 Å². The third-order valence-corrected chi connectivity index (χ3v) is 2.41. The van der Waals surface area contributed by atoms with Crippen LogP contribution in [-0.4, -0.2) is 31.0 Å². The number of nitrogens with one attached hydrogen (secondary N) is 1. The van der Waals surface area contributed by atoms with Crippen LogP contribution in [0.5, 0.6) is 0 Å². The Morgan fingerprint density at radius 2 is 2.14 bits per heavy atom. The third-order valence-electron chi connectivity index (χ3n) is 1.82. The van der Waals surface area contributed by atoms with E-state index in [1.54, 1.807) is 7.11 Å². The Kier molecular flexibility index (Phi) is 8.18. The number of amides is 1. The number of carbonyl (C=O) groups excluding carboxylic acids is 1. The van der Waals surface area contributed by atoms with Crippen LogP contribution in [-0.2, 0) is 9.53 Å². The van der Waals surface area contributed by atoms with E-state index >= 15 is 0 Å². The molecule has 1 unspecified atom stereocenters. The van der Waals surface area contributed by atoms with Gasteiger partial charge >= 0.3 is 0 Å². The van der Waals surface area contributed by atoms with Crippen LogP contribution in [0.4, 0.5) is 0 Å². The standard InChI is InChI=1S/C10H20BrNO2/c1-8(2)4-5-10(13)12-6-9(11)7-14-3/h8-9H,4-7H2,1-3H3,(H,12,13). The molecular weight excluding hydrogens is 246 g/mol. The van der Waals surface area contributed by atoms with Crippen molar-refractivity contribution < 1.29 is 9.53 Å². The maximum atomic E-state index is 11.3. The minimum Gasteiger partial charge on any atom is -0.383 e. The number of hydrogen-bond donors (Lipinski definition) is 1. The zero-order valence-electron chi connectivity index (χ0n) is 9.18. The predicted molar refractivity (Wildman–Crippen MR) is 61.7 cm³/mol. The molecular formula is C10H20BrNO2. The van der Waals surface area contributed by atoms with Crippen LogP contribution in [0.1, 0.15) is 26.7 Å². The number of methoxy groups -OCH3 is 1. The fourth-order valence-corrected chi connectivity index (χ4v) is 1.40. The fourth-order valence-electron chi connectivity index (χ4n) is 0.973. The highest BCUT2D eigenvalue weighted by Crippen LogP contribution is 2.03. The zero-order chi connectivity index (χ0) is 11.0. The molecule has 0 aromatic rings. The number of carbonyl (C=O) groups is 1. The van der Waals surface area contributed by atoms with E-state index in [0.717, 1.165) is 6.42 Å². The molecule has 0 spiro atoms. The molecule has 0 aromatic carbocycles. The van der Waals surface area contributed by atoms with Gasteiger partial charge in [0.15, 0.2) is 0 Å². The SMILES string of the molecule is COCC(Br)CNC(=O)CCC(C)C. The first-order valence-electron chi connectivity index (χ1n) is 4.96. The van der Waals surface area contributed by atoms with Gasteiger partial charge < -0.3 is 10.1 Å². The summed E-state index contributed by atoms with van der Waals surface area (Å²) in [6.45, 7) is 5.48. The van der Waals surface area contributed by atoms with Crippen LogP contribution >= 0.6 is 15.9 Å². The van der Waals surface area contributed by atoms with E-state index in [1.165, 1.54) is 0 Å². The average Bonchev–Trinajstić information content (AvgIpc) is 2.12. The fraction of sp³-hybridized carbons (Fsp3) is 0.900. The third kappa shape index (κ3) is 8.51. The molecule has 0 bridgehead atoms. The lowest BCUT2D eigenvalue weighted by atomic mass is 10.1. The van der Waals surface area contributed by atoms with Crippen LogP contribution in [0.3, 0.4) is 0 Å². The minimum absolute atomic E-state index is 0.124.